The van der Waals surface area contributed by atoms with Gasteiger partial charge in [0.05, 0.1) is 6.42 Å². The molecule has 35 heavy (non-hydrogen) atoms. The fraction of sp³-hybridized carbons (Fsp3) is 0.259. The van der Waals surface area contributed by atoms with E-state index in [4.69, 9.17) is 34.8 Å². The molecule has 0 saturated heterocycles. The van der Waals surface area contributed by atoms with Crippen LogP contribution in [0.5, 0.6) is 0 Å². The van der Waals surface area contributed by atoms with Gasteiger partial charge in [0.15, 0.2) is 0 Å². The summed E-state index contributed by atoms with van der Waals surface area (Å²) >= 11 is 18.7. The zero-order valence-corrected chi connectivity index (χ0v) is 21.5. The second-order valence-electron chi connectivity index (χ2n) is 8.13. The van der Waals surface area contributed by atoms with Gasteiger partial charge in [-0.25, -0.2) is 4.39 Å². The van der Waals surface area contributed by atoms with Crippen molar-refractivity contribution in [2.24, 2.45) is 0 Å². The molecule has 3 aromatic rings. The van der Waals surface area contributed by atoms with Gasteiger partial charge in [-0.05, 0) is 41.8 Å². The molecule has 0 aliphatic carbocycles. The molecule has 3 rings (SSSR count). The van der Waals surface area contributed by atoms with Gasteiger partial charge in [0.1, 0.15) is 11.9 Å². The summed E-state index contributed by atoms with van der Waals surface area (Å²) in [4.78, 5) is 28.4. The molecule has 1 atom stereocenters. The van der Waals surface area contributed by atoms with E-state index in [0.29, 0.717) is 22.2 Å². The van der Waals surface area contributed by atoms with Gasteiger partial charge in [-0.15, -0.1) is 0 Å². The third kappa shape index (κ3) is 7.44. The third-order valence-electron chi connectivity index (χ3n) is 5.57. The Bertz CT molecular complexity index is 1150. The quantitative estimate of drug-likeness (QED) is 0.322. The molecule has 0 radical (unpaired) electrons. The number of halogens is 4. The van der Waals surface area contributed by atoms with Gasteiger partial charge >= 0.3 is 0 Å². The lowest BCUT2D eigenvalue weighted by Crippen LogP contribution is -2.51. The van der Waals surface area contributed by atoms with E-state index in [1.807, 2.05) is 37.3 Å². The highest BCUT2D eigenvalue weighted by atomic mass is 35.5. The highest BCUT2D eigenvalue weighted by Gasteiger charge is 2.31. The van der Waals surface area contributed by atoms with Crippen molar-refractivity contribution < 1.29 is 14.0 Å². The van der Waals surface area contributed by atoms with Crippen molar-refractivity contribution in [3.8, 4) is 0 Å². The van der Waals surface area contributed by atoms with Gasteiger partial charge in [-0.1, -0.05) is 84.2 Å². The van der Waals surface area contributed by atoms with Crippen molar-refractivity contribution in [3.05, 3.63) is 104 Å². The van der Waals surface area contributed by atoms with E-state index >= 15 is 0 Å². The number of carbonyl (C=O) groups excluding carboxylic acids is 2. The van der Waals surface area contributed by atoms with Crippen molar-refractivity contribution in [2.75, 3.05) is 6.54 Å². The summed E-state index contributed by atoms with van der Waals surface area (Å²) in [6.07, 6.45) is 0.715. The molecular formula is C27H26Cl3FN2O2. The molecule has 0 spiro atoms. The van der Waals surface area contributed by atoms with E-state index in [0.717, 1.165) is 12.0 Å². The van der Waals surface area contributed by atoms with Crippen LogP contribution in [-0.4, -0.2) is 29.3 Å². The van der Waals surface area contributed by atoms with Crippen molar-refractivity contribution in [1.29, 1.82) is 0 Å². The van der Waals surface area contributed by atoms with Crippen LogP contribution < -0.4 is 5.32 Å². The molecule has 4 nitrogen and oxygen atoms in total. The summed E-state index contributed by atoms with van der Waals surface area (Å²) in [5.41, 5.74) is 1.58. The van der Waals surface area contributed by atoms with E-state index in [2.05, 4.69) is 5.32 Å². The Balaban J connectivity index is 2.02. The molecule has 0 saturated carbocycles. The fourth-order valence-electron chi connectivity index (χ4n) is 3.71. The zero-order chi connectivity index (χ0) is 25.4. The maximum atomic E-state index is 14.5. The summed E-state index contributed by atoms with van der Waals surface area (Å²) in [7, 11) is 0. The molecule has 0 heterocycles. The van der Waals surface area contributed by atoms with Crippen molar-refractivity contribution in [1.82, 2.24) is 10.2 Å². The first-order valence-electron chi connectivity index (χ1n) is 11.3. The van der Waals surface area contributed by atoms with Gasteiger partial charge in [-0.3, -0.25) is 9.59 Å². The molecule has 8 heteroatoms. The highest BCUT2D eigenvalue weighted by molar-refractivity contribution is 6.35. The summed E-state index contributed by atoms with van der Waals surface area (Å²) in [5, 5.41) is 3.87. The fourth-order valence-corrected chi connectivity index (χ4v) is 4.41. The minimum Gasteiger partial charge on any atom is -0.354 e. The summed E-state index contributed by atoms with van der Waals surface area (Å²) < 4.78 is 14.5. The van der Waals surface area contributed by atoms with Crippen LogP contribution in [-0.2, 0) is 29.0 Å². The monoisotopic (exact) mass is 534 g/mol. The average Bonchev–Trinajstić information content (AvgIpc) is 2.84. The number of rotatable bonds is 10. The van der Waals surface area contributed by atoms with Gasteiger partial charge in [0.25, 0.3) is 0 Å². The molecule has 0 aliphatic heterocycles. The van der Waals surface area contributed by atoms with Gasteiger partial charge in [0.2, 0.25) is 11.8 Å². The SMILES string of the molecule is CCCNC(=O)[C@H](Cc1ccccc1)N(Cc1ccc(Cl)cc1Cl)C(=O)Cc1c(F)cccc1Cl. The Labute approximate surface area is 220 Å². The predicted octanol–water partition coefficient (Wildman–Crippen LogP) is 6.49. The first-order valence-corrected chi connectivity index (χ1v) is 12.4. The maximum Gasteiger partial charge on any atom is 0.243 e. The van der Waals surface area contributed by atoms with E-state index in [1.54, 1.807) is 18.2 Å². The Kier molecular flexibility index (Phi) is 9.96. The molecule has 3 aromatic carbocycles. The van der Waals surface area contributed by atoms with Crippen LogP contribution in [0.4, 0.5) is 4.39 Å². The molecule has 0 aliphatic rings. The standard InChI is InChI=1S/C27H26Cl3FN2O2/c1-2-13-32-27(35)25(14-18-7-4-3-5-8-18)33(17-19-11-12-20(28)15-23(19)30)26(34)16-21-22(29)9-6-10-24(21)31/h3-12,15,25H,2,13-14,16-17H2,1H3,(H,32,35)/t25-/m0/s1. The molecule has 0 aromatic heterocycles. The van der Waals surface area contributed by atoms with Crippen LogP contribution in [0.3, 0.4) is 0 Å². The Morgan fingerprint density at radius 3 is 2.37 bits per heavy atom. The van der Waals surface area contributed by atoms with Crippen molar-refractivity contribution >= 4 is 46.6 Å². The summed E-state index contributed by atoms with van der Waals surface area (Å²) in [5.74, 6) is -1.32. The third-order valence-corrected chi connectivity index (χ3v) is 6.51. The predicted molar refractivity (Wildman–Crippen MR) is 139 cm³/mol. The second-order valence-corrected chi connectivity index (χ2v) is 9.38. The minimum absolute atomic E-state index is 0.0396. The number of hydrogen-bond acceptors (Lipinski definition) is 2. The number of benzene rings is 3. The summed E-state index contributed by atoms with van der Waals surface area (Å²) in [6, 6.07) is 17.8. The van der Waals surface area contributed by atoms with Crippen molar-refractivity contribution in [2.45, 2.75) is 38.8 Å². The number of nitrogens with zero attached hydrogens (tertiary/aromatic N) is 1. The van der Waals surface area contributed by atoms with Crippen molar-refractivity contribution in [3.63, 3.8) is 0 Å². The van der Waals surface area contributed by atoms with Crippen LogP contribution in [0.25, 0.3) is 0 Å². The molecule has 1 N–H and O–H groups in total. The molecular weight excluding hydrogens is 510 g/mol. The average molecular weight is 536 g/mol. The Hall–Kier alpha value is -2.60. The van der Waals surface area contributed by atoms with Crippen LogP contribution in [0, 0.1) is 5.82 Å². The zero-order valence-electron chi connectivity index (χ0n) is 19.2. The van der Waals surface area contributed by atoms with E-state index in [-0.39, 0.29) is 35.9 Å². The van der Waals surface area contributed by atoms with Gasteiger partial charge in [0, 0.05) is 40.1 Å². The van der Waals surface area contributed by atoms with Crippen LogP contribution >= 0.6 is 34.8 Å². The van der Waals surface area contributed by atoms with E-state index < -0.39 is 17.8 Å². The number of nitrogens with one attached hydrogen (secondary N) is 1. The maximum absolute atomic E-state index is 14.5. The smallest absolute Gasteiger partial charge is 0.243 e. The van der Waals surface area contributed by atoms with Gasteiger partial charge in [-0.2, -0.15) is 0 Å². The number of carbonyl (C=O) groups is 2. The molecule has 0 unspecified atom stereocenters. The lowest BCUT2D eigenvalue weighted by molar-refractivity contribution is -0.140. The van der Waals surface area contributed by atoms with Crippen LogP contribution in [0.15, 0.2) is 66.7 Å². The van der Waals surface area contributed by atoms with E-state index in [9.17, 15) is 14.0 Å². The normalized spacial score (nSPS) is 11.7. The lowest BCUT2D eigenvalue weighted by atomic mass is 10.0. The second kappa shape index (κ2) is 12.9. The lowest BCUT2D eigenvalue weighted by Gasteiger charge is -2.32. The largest absolute Gasteiger partial charge is 0.354 e. The Morgan fingerprint density at radius 1 is 0.971 bits per heavy atom. The van der Waals surface area contributed by atoms with Crippen LogP contribution in [0.2, 0.25) is 15.1 Å². The first kappa shape index (κ1) is 27.0. The van der Waals surface area contributed by atoms with Gasteiger partial charge < -0.3 is 10.2 Å². The minimum atomic E-state index is -0.853. The molecule has 0 bridgehead atoms. The highest BCUT2D eigenvalue weighted by Crippen LogP contribution is 2.26. The molecule has 2 amide bonds. The molecule has 0 fully saturated rings. The Morgan fingerprint density at radius 2 is 1.71 bits per heavy atom. The topological polar surface area (TPSA) is 49.4 Å². The number of hydrogen-bond donors (Lipinski definition) is 1. The van der Waals surface area contributed by atoms with E-state index in [1.165, 1.54) is 23.1 Å². The van der Waals surface area contributed by atoms with Crippen LogP contribution in [0.1, 0.15) is 30.0 Å². The summed E-state index contributed by atoms with van der Waals surface area (Å²) in [6.45, 7) is 2.45. The number of amides is 2. The first-order chi connectivity index (χ1) is 16.8. The molecule has 184 valence electrons.